The zero-order valence-electron chi connectivity index (χ0n) is 7.59. The van der Waals surface area contributed by atoms with Crippen molar-refractivity contribution in [2.75, 3.05) is 18.0 Å². The van der Waals surface area contributed by atoms with E-state index in [9.17, 15) is 0 Å². The van der Waals surface area contributed by atoms with Crippen LogP contribution in [-0.4, -0.2) is 13.1 Å². The van der Waals surface area contributed by atoms with E-state index in [1.807, 2.05) is 0 Å². The van der Waals surface area contributed by atoms with E-state index in [0.29, 0.717) is 0 Å². The normalized spacial score (nSPS) is 15.7. The van der Waals surface area contributed by atoms with Crippen LogP contribution in [0.5, 0.6) is 0 Å². The number of benzene rings is 1. The number of nitrogens with zero attached hydrogens (tertiary/aromatic N) is 1. The van der Waals surface area contributed by atoms with Gasteiger partial charge in [0.15, 0.2) is 0 Å². The average molecular weight is 239 g/mol. The van der Waals surface area contributed by atoms with E-state index in [2.05, 4.69) is 46.0 Å². The van der Waals surface area contributed by atoms with Gasteiger partial charge in [0.2, 0.25) is 0 Å². The van der Waals surface area contributed by atoms with Gasteiger partial charge in [-0.2, -0.15) is 0 Å². The maximum atomic E-state index is 3.94. The van der Waals surface area contributed by atoms with Crippen LogP contribution in [0.25, 0.3) is 0 Å². The van der Waals surface area contributed by atoms with E-state index >= 15 is 0 Å². The van der Waals surface area contributed by atoms with E-state index in [1.165, 1.54) is 28.6 Å². The molecule has 0 aromatic heterocycles. The standard InChI is InChI=1S/C11H13BrN/c1-2-13-7-3-4-9-8-10(12)5-6-11(9)13/h5-6,8H,1-4,7H2. The Morgan fingerprint density at radius 3 is 3.08 bits per heavy atom. The van der Waals surface area contributed by atoms with Crippen molar-refractivity contribution < 1.29 is 0 Å². The van der Waals surface area contributed by atoms with Crippen molar-refractivity contribution in [1.82, 2.24) is 0 Å². The van der Waals surface area contributed by atoms with Crippen LogP contribution in [0.1, 0.15) is 12.0 Å². The zero-order valence-corrected chi connectivity index (χ0v) is 9.18. The Kier molecular flexibility index (Phi) is 2.58. The number of rotatable bonds is 1. The summed E-state index contributed by atoms with van der Waals surface area (Å²) in [5.41, 5.74) is 2.81. The van der Waals surface area contributed by atoms with Crippen LogP contribution in [0, 0.1) is 6.92 Å². The Bertz CT molecular complexity index is 309. The van der Waals surface area contributed by atoms with Crippen molar-refractivity contribution in [1.29, 1.82) is 0 Å². The molecule has 1 radical (unpaired) electrons. The lowest BCUT2D eigenvalue weighted by atomic mass is 10.0. The summed E-state index contributed by atoms with van der Waals surface area (Å²) in [7, 11) is 0. The third kappa shape index (κ3) is 1.73. The van der Waals surface area contributed by atoms with Crippen molar-refractivity contribution in [2.45, 2.75) is 12.8 Å². The molecule has 0 atom stereocenters. The van der Waals surface area contributed by atoms with E-state index in [0.717, 1.165) is 13.1 Å². The predicted molar refractivity (Wildman–Crippen MR) is 60.0 cm³/mol. The minimum absolute atomic E-state index is 0.870. The fourth-order valence-electron chi connectivity index (χ4n) is 1.88. The maximum absolute atomic E-state index is 3.94. The van der Waals surface area contributed by atoms with Gasteiger partial charge in [-0.05, 0) is 43.5 Å². The number of hydrogen-bond donors (Lipinski definition) is 0. The lowest BCUT2D eigenvalue weighted by molar-refractivity contribution is 0.721. The summed E-state index contributed by atoms with van der Waals surface area (Å²) in [6.07, 6.45) is 2.45. The summed E-state index contributed by atoms with van der Waals surface area (Å²) in [4.78, 5) is 2.34. The van der Waals surface area contributed by atoms with Gasteiger partial charge in [-0.1, -0.05) is 15.9 Å². The maximum Gasteiger partial charge on any atom is 0.0399 e. The molecule has 1 aromatic rings. The number of anilines is 1. The highest BCUT2D eigenvalue weighted by atomic mass is 79.9. The third-order valence-electron chi connectivity index (χ3n) is 2.53. The Balaban J connectivity index is 2.40. The second-order valence-corrected chi connectivity index (χ2v) is 4.28. The van der Waals surface area contributed by atoms with Crippen LogP contribution in [0.3, 0.4) is 0 Å². The SMILES string of the molecule is [CH2]CN1CCCc2cc(Br)ccc21. The Hall–Kier alpha value is -0.500. The average Bonchev–Trinajstić information content (AvgIpc) is 2.16. The highest BCUT2D eigenvalue weighted by Gasteiger charge is 2.14. The van der Waals surface area contributed by atoms with Crippen molar-refractivity contribution in [2.24, 2.45) is 0 Å². The highest BCUT2D eigenvalue weighted by molar-refractivity contribution is 9.10. The number of hydrogen-bond acceptors (Lipinski definition) is 1. The number of halogens is 1. The molecule has 0 N–H and O–H groups in total. The largest absolute Gasteiger partial charge is 0.371 e. The van der Waals surface area contributed by atoms with Gasteiger partial charge in [0, 0.05) is 23.2 Å². The molecule has 0 spiro atoms. The first-order valence-electron chi connectivity index (χ1n) is 4.64. The molecule has 0 unspecified atom stereocenters. The molecular formula is C11H13BrN. The van der Waals surface area contributed by atoms with Crippen LogP contribution in [0.4, 0.5) is 5.69 Å². The van der Waals surface area contributed by atoms with Gasteiger partial charge in [0.1, 0.15) is 0 Å². The molecule has 0 saturated carbocycles. The van der Waals surface area contributed by atoms with Crippen molar-refractivity contribution >= 4 is 21.6 Å². The van der Waals surface area contributed by atoms with E-state index in [1.54, 1.807) is 0 Å². The van der Waals surface area contributed by atoms with E-state index in [-0.39, 0.29) is 0 Å². The fourth-order valence-corrected chi connectivity index (χ4v) is 2.28. The molecule has 2 rings (SSSR count). The first kappa shape index (κ1) is 9.07. The predicted octanol–water partition coefficient (Wildman–Crippen LogP) is 3.04. The topological polar surface area (TPSA) is 3.24 Å². The zero-order chi connectivity index (χ0) is 9.26. The van der Waals surface area contributed by atoms with E-state index in [4.69, 9.17) is 0 Å². The quantitative estimate of drug-likeness (QED) is 0.728. The van der Waals surface area contributed by atoms with Crippen LogP contribution >= 0.6 is 15.9 Å². The van der Waals surface area contributed by atoms with Gasteiger partial charge in [-0.25, -0.2) is 0 Å². The number of aryl methyl sites for hydroxylation is 1. The molecule has 0 aliphatic carbocycles. The monoisotopic (exact) mass is 238 g/mol. The van der Waals surface area contributed by atoms with Gasteiger partial charge >= 0.3 is 0 Å². The Labute approximate surface area is 87.9 Å². The van der Waals surface area contributed by atoms with Gasteiger partial charge < -0.3 is 4.90 Å². The molecular weight excluding hydrogens is 226 g/mol. The Morgan fingerprint density at radius 2 is 2.31 bits per heavy atom. The van der Waals surface area contributed by atoms with Crippen molar-refractivity contribution in [3.8, 4) is 0 Å². The highest BCUT2D eigenvalue weighted by Crippen LogP contribution is 2.29. The molecule has 0 amide bonds. The number of fused-ring (bicyclic) bond motifs is 1. The van der Waals surface area contributed by atoms with Crippen molar-refractivity contribution in [3.05, 3.63) is 35.2 Å². The van der Waals surface area contributed by atoms with Crippen LogP contribution < -0.4 is 4.90 Å². The first-order chi connectivity index (χ1) is 6.31. The lowest BCUT2D eigenvalue weighted by Crippen LogP contribution is -2.28. The molecule has 1 nitrogen and oxygen atoms in total. The molecule has 0 bridgehead atoms. The molecule has 13 heavy (non-hydrogen) atoms. The molecule has 1 aliphatic rings. The summed E-state index contributed by atoms with van der Waals surface area (Å²) in [5.74, 6) is 0. The van der Waals surface area contributed by atoms with Crippen molar-refractivity contribution in [3.63, 3.8) is 0 Å². The lowest BCUT2D eigenvalue weighted by Gasteiger charge is -2.30. The molecule has 1 aliphatic heterocycles. The first-order valence-corrected chi connectivity index (χ1v) is 5.43. The molecule has 69 valence electrons. The molecule has 0 saturated heterocycles. The molecule has 0 fully saturated rings. The smallest absolute Gasteiger partial charge is 0.0399 e. The summed E-state index contributed by atoms with van der Waals surface area (Å²) < 4.78 is 1.18. The van der Waals surface area contributed by atoms with Crippen LogP contribution in [0.15, 0.2) is 22.7 Å². The van der Waals surface area contributed by atoms with Crippen LogP contribution in [0.2, 0.25) is 0 Å². The van der Waals surface area contributed by atoms with Gasteiger partial charge in [0.05, 0.1) is 0 Å². The molecule has 1 heterocycles. The second kappa shape index (κ2) is 3.70. The van der Waals surface area contributed by atoms with Gasteiger partial charge in [-0.15, -0.1) is 0 Å². The summed E-state index contributed by atoms with van der Waals surface area (Å²) >= 11 is 3.50. The molecule has 1 aromatic carbocycles. The van der Waals surface area contributed by atoms with Crippen LogP contribution in [-0.2, 0) is 6.42 Å². The minimum Gasteiger partial charge on any atom is -0.371 e. The van der Waals surface area contributed by atoms with E-state index < -0.39 is 0 Å². The van der Waals surface area contributed by atoms with Gasteiger partial charge in [-0.3, -0.25) is 0 Å². The summed E-state index contributed by atoms with van der Waals surface area (Å²) in [5, 5.41) is 0. The third-order valence-corrected chi connectivity index (χ3v) is 3.02. The minimum atomic E-state index is 0.870. The second-order valence-electron chi connectivity index (χ2n) is 3.36. The fraction of sp³-hybridized carbons (Fsp3) is 0.364. The van der Waals surface area contributed by atoms with Gasteiger partial charge in [0.25, 0.3) is 0 Å². The Morgan fingerprint density at radius 1 is 1.46 bits per heavy atom. The summed E-state index contributed by atoms with van der Waals surface area (Å²) in [6, 6.07) is 6.51. The molecule has 2 heteroatoms. The summed E-state index contributed by atoms with van der Waals surface area (Å²) in [6.45, 7) is 5.97.